The minimum atomic E-state index is -0.675. The molecule has 0 spiro atoms. The Kier molecular flexibility index (Phi) is 8.19. The topological polar surface area (TPSA) is 64.6 Å². The van der Waals surface area contributed by atoms with E-state index in [1.54, 1.807) is 6.92 Å². The lowest BCUT2D eigenvalue weighted by atomic mass is 10.2. The zero-order valence-electron chi connectivity index (χ0n) is 11.1. The average molecular weight is 245 g/mol. The lowest BCUT2D eigenvalue weighted by Gasteiger charge is -2.14. The molecule has 0 heterocycles. The third kappa shape index (κ3) is 8.54. The summed E-state index contributed by atoms with van der Waals surface area (Å²) in [5.74, 6) is -0.160. The Morgan fingerprint density at radius 2 is 1.82 bits per heavy atom. The van der Waals surface area contributed by atoms with Gasteiger partial charge in [0.1, 0.15) is 6.04 Å². The predicted octanol–water partition coefficient (Wildman–Crippen LogP) is 2.10. The van der Waals surface area contributed by atoms with Crippen LogP contribution in [0.4, 0.5) is 4.79 Å². The van der Waals surface area contributed by atoms with E-state index in [4.69, 9.17) is 9.47 Å². The van der Waals surface area contributed by atoms with Gasteiger partial charge in [0.25, 0.3) is 0 Å². The molecule has 1 N–H and O–H groups in total. The summed E-state index contributed by atoms with van der Waals surface area (Å²) in [5.41, 5.74) is 0. The first-order valence-electron chi connectivity index (χ1n) is 6.07. The van der Waals surface area contributed by atoms with Gasteiger partial charge in [-0.25, -0.2) is 9.59 Å². The van der Waals surface area contributed by atoms with Crippen molar-refractivity contribution in [2.24, 2.45) is 5.92 Å². The SMILES string of the molecule is CCCCOC(=O)C(C)NC(=O)OCC(C)C. The highest BCUT2D eigenvalue weighted by Gasteiger charge is 2.17. The zero-order chi connectivity index (χ0) is 13.3. The molecule has 0 radical (unpaired) electrons. The first kappa shape index (κ1) is 15.7. The van der Waals surface area contributed by atoms with Crippen molar-refractivity contribution in [3.05, 3.63) is 0 Å². The molecular weight excluding hydrogens is 222 g/mol. The third-order valence-electron chi connectivity index (χ3n) is 1.98. The summed E-state index contributed by atoms with van der Waals surface area (Å²) in [6, 6.07) is -0.675. The van der Waals surface area contributed by atoms with Crippen LogP contribution in [0.2, 0.25) is 0 Å². The Bertz CT molecular complexity index is 241. The Morgan fingerprint density at radius 3 is 2.35 bits per heavy atom. The summed E-state index contributed by atoms with van der Waals surface area (Å²) >= 11 is 0. The van der Waals surface area contributed by atoms with Crippen LogP contribution in [0.1, 0.15) is 40.5 Å². The average Bonchev–Trinajstić information content (AvgIpc) is 2.26. The van der Waals surface area contributed by atoms with Crippen LogP contribution in [0, 0.1) is 5.92 Å². The van der Waals surface area contributed by atoms with Gasteiger partial charge in [0.05, 0.1) is 13.2 Å². The van der Waals surface area contributed by atoms with E-state index in [1.165, 1.54) is 0 Å². The van der Waals surface area contributed by atoms with E-state index in [0.717, 1.165) is 12.8 Å². The molecule has 0 bridgehead atoms. The molecule has 0 aromatic carbocycles. The summed E-state index contributed by atoms with van der Waals surface area (Å²) in [4.78, 5) is 22.7. The number of carbonyl (C=O) groups is 2. The highest BCUT2D eigenvalue weighted by atomic mass is 16.6. The van der Waals surface area contributed by atoms with Crippen molar-refractivity contribution < 1.29 is 19.1 Å². The molecule has 0 saturated heterocycles. The molecule has 5 nitrogen and oxygen atoms in total. The number of carbonyl (C=O) groups excluding carboxylic acids is 2. The molecule has 1 atom stereocenters. The molecule has 0 aliphatic rings. The van der Waals surface area contributed by atoms with E-state index < -0.39 is 18.1 Å². The number of amides is 1. The van der Waals surface area contributed by atoms with Gasteiger partial charge in [0.2, 0.25) is 0 Å². The number of alkyl carbamates (subject to hydrolysis) is 1. The summed E-state index contributed by atoms with van der Waals surface area (Å²) < 4.78 is 9.85. The monoisotopic (exact) mass is 245 g/mol. The molecular formula is C12H23NO4. The Balaban J connectivity index is 3.78. The second-order valence-corrected chi connectivity index (χ2v) is 4.38. The van der Waals surface area contributed by atoms with Gasteiger partial charge in [-0.1, -0.05) is 27.2 Å². The fourth-order valence-corrected chi connectivity index (χ4v) is 0.962. The standard InChI is InChI=1S/C12H23NO4/c1-5-6-7-16-11(14)10(4)13-12(15)17-8-9(2)3/h9-10H,5-8H2,1-4H3,(H,13,15). The largest absolute Gasteiger partial charge is 0.464 e. The Morgan fingerprint density at radius 1 is 1.18 bits per heavy atom. The number of hydrogen-bond acceptors (Lipinski definition) is 4. The molecule has 0 saturated carbocycles. The molecule has 0 aliphatic carbocycles. The number of nitrogens with one attached hydrogen (secondary N) is 1. The van der Waals surface area contributed by atoms with E-state index in [-0.39, 0.29) is 5.92 Å². The van der Waals surface area contributed by atoms with E-state index in [0.29, 0.717) is 13.2 Å². The number of unbranched alkanes of at least 4 members (excludes halogenated alkanes) is 1. The molecule has 0 aromatic rings. The first-order valence-corrected chi connectivity index (χ1v) is 6.07. The van der Waals surface area contributed by atoms with Crippen LogP contribution in [-0.4, -0.2) is 31.3 Å². The van der Waals surface area contributed by atoms with Gasteiger partial charge in [0, 0.05) is 0 Å². The number of rotatable bonds is 7. The molecule has 100 valence electrons. The van der Waals surface area contributed by atoms with Gasteiger partial charge < -0.3 is 14.8 Å². The number of esters is 1. The summed E-state index contributed by atoms with van der Waals surface area (Å²) in [7, 11) is 0. The van der Waals surface area contributed by atoms with E-state index in [2.05, 4.69) is 5.32 Å². The van der Waals surface area contributed by atoms with Crippen LogP contribution in [0.15, 0.2) is 0 Å². The molecule has 0 rings (SSSR count). The lowest BCUT2D eigenvalue weighted by Crippen LogP contribution is -2.40. The molecule has 5 heteroatoms. The maximum atomic E-state index is 11.4. The maximum Gasteiger partial charge on any atom is 0.407 e. The van der Waals surface area contributed by atoms with E-state index >= 15 is 0 Å². The van der Waals surface area contributed by atoms with Crippen LogP contribution in [0.3, 0.4) is 0 Å². The lowest BCUT2D eigenvalue weighted by molar-refractivity contribution is -0.145. The van der Waals surface area contributed by atoms with Crippen molar-refractivity contribution in [3.63, 3.8) is 0 Å². The Hall–Kier alpha value is -1.26. The predicted molar refractivity (Wildman–Crippen MR) is 64.7 cm³/mol. The normalized spacial score (nSPS) is 12.1. The molecule has 0 aromatic heterocycles. The van der Waals surface area contributed by atoms with Gasteiger partial charge in [-0.2, -0.15) is 0 Å². The maximum absolute atomic E-state index is 11.4. The van der Waals surface area contributed by atoms with Crippen LogP contribution in [0.25, 0.3) is 0 Å². The van der Waals surface area contributed by atoms with Gasteiger partial charge in [-0.05, 0) is 19.3 Å². The third-order valence-corrected chi connectivity index (χ3v) is 1.98. The first-order chi connectivity index (χ1) is 7.97. The quantitative estimate of drug-likeness (QED) is 0.551. The van der Waals surface area contributed by atoms with Gasteiger partial charge >= 0.3 is 12.1 Å². The summed E-state index contributed by atoms with van der Waals surface area (Å²) in [6.07, 6.45) is 1.21. The fourth-order valence-electron chi connectivity index (χ4n) is 0.962. The minimum Gasteiger partial charge on any atom is -0.464 e. The number of hydrogen-bond donors (Lipinski definition) is 1. The highest BCUT2D eigenvalue weighted by molar-refractivity contribution is 5.80. The second-order valence-electron chi connectivity index (χ2n) is 4.38. The molecule has 17 heavy (non-hydrogen) atoms. The molecule has 0 fully saturated rings. The summed E-state index contributed by atoms with van der Waals surface area (Å²) in [6.45, 7) is 8.20. The zero-order valence-corrected chi connectivity index (χ0v) is 11.1. The number of ether oxygens (including phenoxy) is 2. The van der Waals surface area contributed by atoms with Crippen LogP contribution in [0.5, 0.6) is 0 Å². The van der Waals surface area contributed by atoms with Gasteiger partial charge in [-0.3, -0.25) is 0 Å². The van der Waals surface area contributed by atoms with Crippen molar-refractivity contribution in [3.8, 4) is 0 Å². The Labute approximate surface area is 103 Å². The van der Waals surface area contributed by atoms with Crippen molar-refractivity contribution in [1.82, 2.24) is 5.32 Å². The van der Waals surface area contributed by atoms with Crippen molar-refractivity contribution in [1.29, 1.82) is 0 Å². The summed E-state index contributed by atoms with van der Waals surface area (Å²) in [5, 5.41) is 2.43. The fraction of sp³-hybridized carbons (Fsp3) is 0.833. The second kappa shape index (κ2) is 8.84. The van der Waals surface area contributed by atoms with Crippen molar-refractivity contribution in [2.45, 2.75) is 46.6 Å². The van der Waals surface area contributed by atoms with Crippen LogP contribution in [-0.2, 0) is 14.3 Å². The minimum absolute atomic E-state index is 0.271. The molecule has 1 unspecified atom stereocenters. The smallest absolute Gasteiger partial charge is 0.407 e. The van der Waals surface area contributed by atoms with Gasteiger partial charge in [0.15, 0.2) is 0 Å². The van der Waals surface area contributed by atoms with Gasteiger partial charge in [-0.15, -0.1) is 0 Å². The van der Waals surface area contributed by atoms with Crippen molar-refractivity contribution >= 4 is 12.1 Å². The van der Waals surface area contributed by atoms with E-state index in [1.807, 2.05) is 20.8 Å². The highest BCUT2D eigenvalue weighted by Crippen LogP contribution is 1.96. The van der Waals surface area contributed by atoms with Crippen LogP contribution < -0.4 is 5.32 Å². The van der Waals surface area contributed by atoms with Crippen molar-refractivity contribution in [2.75, 3.05) is 13.2 Å². The molecule has 0 aliphatic heterocycles. The molecule has 1 amide bonds. The van der Waals surface area contributed by atoms with E-state index in [9.17, 15) is 9.59 Å². The van der Waals surface area contributed by atoms with Crippen LogP contribution >= 0.6 is 0 Å².